The van der Waals surface area contributed by atoms with Crippen LogP contribution in [-0.2, 0) is 9.84 Å². The maximum absolute atomic E-state index is 12.9. The Labute approximate surface area is 208 Å². The Morgan fingerprint density at radius 3 is 1.34 bits per heavy atom. The summed E-state index contributed by atoms with van der Waals surface area (Å²) in [4.78, 5) is 23.8. The van der Waals surface area contributed by atoms with Crippen LogP contribution in [0.2, 0.25) is 0 Å². The fraction of sp³-hybridized carbons (Fsp3) is 0.462. The molecule has 0 saturated carbocycles. The predicted octanol–water partition coefficient (Wildman–Crippen LogP) is 5.86. The fourth-order valence-electron chi connectivity index (χ4n) is 3.28. The van der Waals surface area contributed by atoms with Crippen molar-refractivity contribution in [1.82, 2.24) is 10.6 Å². The van der Waals surface area contributed by atoms with Gasteiger partial charge in [0.05, 0.1) is 9.79 Å². The summed E-state index contributed by atoms with van der Waals surface area (Å²) in [6.45, 7) is 5.30. The normalized spacial score (nSPS) is 11.0. The molecule has 0 atom stereocenters. The van der Waals surface area contributed by atoms with E-state index in [9.17, 15) is 18.0 Å². The molecule has 8 nitrogen and oxygen atoms in total. The van der Waals surface area contributed by atoms with Gasteiger partial charge < -0.3 is 20.1 Å². The highest BCUT2D eigenvalue weighted by Crippen LogP contribution is 2.25. The zero-order chi connectivity index (χ0) is 25.5. The van der Waals surface area contributed by atoms with E-state index in [0.717, 1.165) is 51.4 Å². The first kappa shape index (κ1) is 28.2. The topological polar surface area (TPSA) is 111 Å². The average Bonchev–Trinajstić information content (AvgIpc) is 2.84. The molecular weight excluding hydrogens is 468 g/mol. The predicted molar refractivity (Wildman–Crippen MR) is 135 cm³/mol. The molecule has 0 unspecified atom stereocenters. The summed E-state index contributed by atoms with van der Waals surface area (Å²) in [7, 11) is -3.79. The highest BCUT2D eigenvalue weighted by atomic mass is 32.2. The number of hydrogen-bond acceptors (Lipinski definition) is 6. The third-order valence-corrected chi connectivity index (χ3v) is 7.07. The number of carbonyl (C=O) groups is 2. The molecule has 35 heavy (non-hydrogen) atoms. The molecule has 2 amide bonds. The van der Waals surface area contributed by atoms with Gasteiger partial charge in [-0.25, -0.2) is 18.0 Å². The van der Waals surface area contributed by atoms with Crippen LogP contribution in [0.1, 0.15) is 65.2 Å². The van der Waals surface area contributed by atoms with Crippen LogP contribution in [0.4, 0.5) is 9.59 Å². The molecule has 2 N–H and O–H groups in total. The number of hydrogen-bond donors (Lipinski definition) is 2. The summed E-state index contributed by atoms with van der Waals surface area (Å²) < 4.78 is 36.2. The fourth-order valence-corrected chi connectivity index (χ4v) is 4.54. The second-order valence-corrected chi connectivity index (χ2v) is 10.1. The molecule has 192 valence electrons. The van der Waals surface area contributed by atoms with Crippen LogP contribution < -0.4 is 20.1 Å². The molecular formula is C26H36N2O6S. The van der Waals surface area contributed by atoms with Crippen molar-refractivity contribution in [3.8, 4) is 11.5 Å². The number of benzene rings is 2. The smallest absolute Gasteiger partial charge is 0.410 e. The first-order valence-corrected chi connectivity index (χ1v) is 13.7. The zero-order valence-corrected chi connectivity index (χ0v) is 21.4. The maximum atomic E-state index is 12.9. The van der Waals surface area contributed by atoms with Crippen LogP contribution >= 0.6 is 0 Å². The molecule has 0 aromatic heterocycles. The number of nitrogens with one attached hydrogen (secondary N) is 2. The minimum Gasteiger partial charge on any atom is -0.410 e. The van der Waals surface area contributed by atoms with E-state index in [2.05, 4.69) is 24.5 Å². The van der Waals surface area contributed by atoms with Gasteiger partial charge in [0.25, 0.3) is 0 Å². The van der Waals surface area contributed by atoms with Gasteiger partial charge in [-0.1, -0.05) is 52.4 Å². The van der Waals surface area contributed by atoms with E-state index in [1.165, 1.54) is 48.5 Å². The highest BCUT2D eigenvalue weighted by Gasteiger charge is 2.18. The van der Waals surface area contributed by atoms with E-state index < -0.39 is 22.0 Å². The van der Waals surface area contributed by atoms with Gasteiger partial charge >= 0.3 is 12.2 Å². The van der Waals surface area contributed by atoms with Crippen molar-refractivity contribution in [2.24, 2.45) is 0 Å². The third-order valence-electron chi connectivity index (χ3n) is 5.29. The van der Waals surface area contributed by atoms with Crippen molar-refractivity contribution in [2.75, 3.05) is 13.1 Å². The van der Waals surface area contributed by atoms with E-state index in [0.29, 0.717) is 13.1 Å². The Hall–Kier alpha value is -3.07. The Balaban J connectivity index is 1.87. The molecule has 0 aliphatic carbocycles. The Kier molecular flexibility index (Phi) is 12.1. The van der Waals surface area contributed by atoms with Crippen molar-refractivity contribution in [1.29, 1.82) is 0 Å². The number of carbonyl (C=O) groups excluding carboxylic acids is 2. The maximum Gasteiger partial charge on any atom is 0.412 e. The van der Waals surface area contributed by atoms with Gasteiger partial charge in [-0.3, -0.25) is 0 Å². The van der Waals surface area contributed by atoms with Crippen LogP contribution in [0.25, 0.3) is 0 Å². The van der Waals surface area contributed by atoms with E-state index in [1.54, 1.807) is 0 Å². The van der Waals surface area contributed by atoms with Gasteiger partial charge in [0.2, 0.25) is 9.84 Å². The van der Waals surface area contributed by atoms with E-state index in [-0.39, 0.29) is 21.3 Å². The SMILES string of the molecule is CCCCCCNC(=O)Oc1ccc(S(=O)(=O)c2ccc(OC(=O)NCCCCCC)cc2)cc1. The van der Waals surface area contributed by atoms with E-state index >= 15 is 0 Å². The van der Waals surface area contributed by atoms with E-state index in [4.69, 9.17) is 9.47 Å². The second kappa shape index (κ2) is 15.0. The zero-order valence-electron chi connectivity index (χ0n) is 20.5. The standard InChI is InChI=1S/C26H36N2O6S/c1-3-5-7-9-19-27-25(29)33-21-11-15-23(16-12-21)35(31,32)24-17-13-22(14-18-24)34-26(30)28-20-10-8-6-4-2/h11-18H,3-10,19-20H2,1-2H3,(H,27,29)(H,28,30). The summed E-state index contributed by atoms with van der Waals surface area (Å²) in [5, 5.41) is 5.36. The summed E-state index contributed by atoms with van der Waals surface area (Å²) >= 11 is 0. The first-order valence-electron chi connectivity index (χ1n) is 12.2. The molecule has 0 radical (unpaired) electrons. The van der Waals surface area contributed by atoms with Crippen molar-refractivity contribution in [2.45, 2.75) is 75.0 Å². The van der Waals surface area contributed by atoms with Crippen LogP contribution in [0.5, 0.6) is 11.5 Å². The minimum absolute atomic E-state index is 0.0586. The molecule has 2 aromatic rings. The quantitative estimate of drug-likeness (QED) is 0.312. The Morgan fingerprint density at radius 1 is 0.629 bits per heavy atom. The minimum atomic E-state index is -3.79. The lowest BCUT2D eigenvalue weighted by Crippen LogP contribution is -2.27. The molecule has 2 aromatic carbocycles. The molecule has 2 rings (SSSR count). The molecule has 0 heterocycles. The average molecular weight is 505 g/mol. The van der Waals surface area contributed by atoms with Gasteiger partial charge in [-0.05, 0) is 61.4 Å². The lowest BCUT2D eigenvalue weighted by atomic mass is 10.2. The number of unbranched alkanes of at least 4 members (excludes halogenated alkanes) is 6. The van der Waals surface area contributed by atoms with Crippen molar-refractivity contribution in [3.05, 3.63) is 48.5 Å². The monoisotopic (exact) mass is 504 g/mol. The van der Waals surface area contributed by atoms with Gasteiger partial charge in [0.15, 0.2) is 0 Å². The molecule has 0 fully saturated rings. The number of rotatable bonds is 14. The number of ether oxygens (including phenoxy) is 2. The molecule has 0 saturated heterocycles. The molecule has 9 heteroatoms. The van der Waals surface area contributed by atoms with Crippen molar-refractivity contribution >= 4 is 22.0 Å². The largest absolute Gasteiger partial charge is 0.412 e. The Morgan fingerprint density at radius 2 is 1.00 bits per heavy atom. The van der Waals surface area contributed by atoms with Crippen molar-refractivity contribution in [3.63, 3.8) is 0 Å². The van der Waals surface area contributed by atoms with Crippen LogP contribution in [0.15, 0.2) is 58.3 Å². The molecule has 0 spiro atoms. The summed E-state index contributed by atoms with van der Waals surface area (Å²) in [5.41, 5.74) is 0. The lowest BCUT2D eigenvalue weighted by molar-refractivity contribution is 0.199. The number of sulfone groups is 1. The van der Waals surface area contributed by atoms with Gasteiger partial charge in [0.1, 0.15) is 11.5 Å². The molecule has 0 aliphatic rings. The van der Waals surface area contributed by atoms with Gasteiger partial charge in [-0.2, -0.15) is 0 Å². The summed E-state index contributed by atoms with van der Waals surface area (Å²) in [6.07, 6.45) is 7.19. The molecule has 0 bridgehead atoms. The third kappa shape index (κ3) is 9.98. The van der Waals surface area contributed by atoms with Gasteiger partial charge in [0, 0.05) is 13.1 Å². The Bertz CT molecular complexity index is 943. The summed E-state index contributed by atoms with van der Waals surface area (Å²) in [6, 6.07) is 11.3. The van der Waals surface area contributed by atoms with Crippen LogP contribution in [0.3, 0.4) is 0 Å². The first-order chi connectivity index (χ1) is 16.9. The summed E-state index contributed by atoms with van der Waals surface area (Å²) in [5.74, 6) is 0.499. The second-order valence-electron chi connectivity index (χ2n) is 8.20. The van der Waals surface area contributed by atoms with Crippen LogP contribution in [0, 0.1) is 0 Å². The van der Waals surface area contributed by atoms with Crippen LogP contribution in [-0.4, -0.2) is 33.7 Å². The number of amides is 2. The lowest BCUT2D eigenvalue weighted by Gasteiger charge is -2.09. The van der Waals surface area contributed by atoms with E-state index in [1.807, 2.05) is 0 Å². The molecule has 0 aliphatic heterocycles. The van der Waals surface area contributed by atoms with Gasteiger partial charge in [-0.15, -0.1) is 0 Å². The van der Waals surface area contributed by atoms with Crippen molar-refractivity contribution < 1.29 is 27.5 Å². The highest BCUT2D eigenvalue weighted by molar-refractivity contribution is 7.91.